The zero-order valence-corrected chi connectivity index (χ0v) is 8.62. The zero-order valence-electron chi connectivity index (χ0n) is 7.86. The number of alkyl halides is 1. The molecule has 0 aromatic heterocycles. The summed E-state index contributed by atoms with van der Waals surface area (Å²) in [5, 5.41) is 0.286. The second-order valence-corrected chi connectivity index (χ2v) is 3.73. The first-order valence-corrected chi connectivity index (χ1v) is 4.96. The summed E-state index contributed by atoms with van der Waals surface area (Å²) in [5.74, 6) is 0. The van der Waals surface area contributed by atoms with E-state index in [1.807, 2.05) is 6.92 Å². The first-order chi connectivity index (χ1) is 5.20. The summed E-state index contributed by atoms with van der Waals surface area (Å²) in [6.07, 6.45) is 6.97. The maximum atomic E-state index is 5.83. The summed E-state index contributed by atoms with van der Waals surface area (Å²) in [4.78, 5) is 0. The molecule has 0 N–H and O–H groups in total. The summed E-state index contributed by atoms with van der Waals surface area (Å²) in [6.45, 7) is 6.46. The van der Waals surface area contributed by atoms with Crippen molar-refractivity contribution in [2.24, 2.45) is 0 Å². The van der Waals surface area contributed by atoms with Gasteiger partial charge in [0, 0.05) is 5.38 Å². The molecule has 11 heavy (non-hydrogen) atoms. The summed E-state index contributed by atoms with van der Waals surface area (Å²) >= 11 is 5.83. The summed E-state index contributed by atoms with van der Waals surface area (Å²) in [7, 11) is 0. The van der Waals surface area contributed by atoms with E-state index in [0.717, 1.165) is 6.42 Å². The third kappa shape index (κ3) is 6.43. The van der Waals surface area contributed by atoms with Crippen molar-refractivity contribution in [2.75, 3.05) is 0 Å². The van der Waals surface area contributed by atoms with Crippen molar-refractivity contribution in [3.8, 4) is 0 Å². The molecule has 0 heterocycles. The molecule has 0 unspecified atom stereocenters. The first-order valence-electron chi connectivity index (χ1n) is 4.52. The Bertz CT molecular complexity index is 114. The Kier molecular flexibility index (Phi) is 6.74. The Hall–Kier alpha value is 0.0300. The van der Waals surface area contributed by atoms with Gasteiger partial charge in [0.1, 0.15) is 0 Å². The van der Waals surface area contributed by atoms with Gasteiger partial charge in [0.2, 0.25) is 0 Å². The predicted octanol–water partition coefficient (Wildman–Crippen LogP) is 4.14. The molecule has 0 saturated heterocycles. The highest BCUT2D eigenvalue weighted by molar-refractivity contribution is 6.20. The van der Waals surface area contributed by atoms with E-state index in [4.69, 9.17) is 11.6 Å². The van der Waals surface area contributed by atoms with Crippen molar-refractivity contribution < 1.29 is 0 Å². The molecule has 0 aromatic rings. The van der Waals surface area contributed by atoms with Gasteiger partial charge in [-0.2, -0.15) is 0 Å². The number of halogens is 1. The minimum absolute atomic E-state index is 0.286. The van der Waals surface area contributed by atoms with Gasteiger partial charge in [-0.1, -0.05) is 31.9 Å². The van der Waals surface area contributed by atoms with E-state index in [0.29, 0.717) is 0 Å². The van der Waals surface area contributed by atoms with Crippen LogP contribution in [0.25, 0.3) is 0 Å². The van der Waals surface area contributed by atoms with Crippen LogP contribution in [-0.4, -0.2) is 5.38 Å². The lowest BCUT2D eigenvalue weighted by Gasteiger charge is -2.02. The summed E-state index contributed by atoms with van der Waals surface area (Å²) in [5.41, 5.74) is 1.56. The Morgan fingerprint density at radius 3 is 2.45 bits per heavy atom. The quantitative estimate of drug-likeness (QED) is 0.434. The average molecular weight is 175 g/mol. The molecule has 0 bridgehead atoms. The summed E-state index contributed by atoms with van der Waals surface area (Å²) in [6, 6.07) is 0. The molecule has 0 nitrogen and oxygen atoms in total. The van der Waals surface area contributed by atoms with Crippen molar-refractivity contribution in [1.82, 2.24) is 0 Å². The molecule has 0 spiro atoms. The van der Waals surface area contributed by atoms with Gasteiger partial charge in [-0.05, 0) is 26.2 Å². The van der Waals surface area contributed by atoms with Crippen molar-refractivity contribution in [2.45, 2.75) is 51.8 Å². The fraction of sp³-hybridized carbons (Fsp3) is 0.800. The van der Waals surface area contributed by atoms with Crippen LogP contribution in [0, 0.1) is 0 Å². The molecule has 0 aliphatic rings. The monoisotopic (exact) mass is 174 g/mol. The zero-order chi connectivity index (χ0) is 8.69. The number of hydrogen-bond acceptors (Lipinski definition) is 0. The van der Waals surface area contributed by atoms with Crippen LogP contribution in [-0.2, 0) is 0 Å². The molecule has 0 aliphatic carbocycles. The van der Waals surface area contributed by atoms with E-state index in [1.54, 1.807) is 5.57 Å². The minimum Gasteiger partial charge on any atom is -0.123 e. The van der Waals surface area contributed by atoms with Crippen molar-refractivity contribution in [1.29, 1.82) is 0 Å². The molecular weight excluding hydrogens is 156 g/mol. The average Bonchev–Trinajstić information content (AvgIpc) is 1.97. The molecule has 0 aliphatic heterocycles. The van der Waals surface area contributed by atoms with Crippen molar-refractivity contribution in [3.05, 3.63) is 11.6 Å². The molecule has 66 valence electrons. The highest BCUT2D eigenvalue weighted by atomic mass is 35.5. The molecule has 0 aromatic carbocycles. The third-order valence-corrected chi connectivity index (χ3v) is 1.93. The number of hydrogen-bond donors (Lipinski definition) is 0. The molecule has 0 rings (SSSR count). The SMILES string of the molecule is CCC/C(=C/C[C@@H](C)Cl)CC. The van der Waals surface area contributed by atoms with E-state index >= 15 is 0 Å². The normalized spacial score (nSPS) is 15.1. The lowest BCUT2D eigenvalue weighted by atomic mass is 10.1. The molecule has 0 saturated carbocycles. The molecule has 1 heteroatoms. The fourth-order valence-electron chi connectivity index (χ4n) is 1.07. The molecule has 0 radical (unpaired) electrons. The first kappa shape index (κ1) is 11.0. The van der Waals surface area contributed by atoms with Crippen LogP contribution in [0.3, 0.4) is 0 Å². The van der Waals surface area contributed by atoms with Crippen LogP contribution in [0.1, 0.15) is 46.5 Å². The van der Waals surface area contributed by atoms with E-state index in [1.165, 1.54) is 19.3 Å². The topological polar surface area (TPSA) is 0 Å². The van der Waals surface area contributed by atoms with Gasteiger partial charge in [0.25, 0.3) is 0 Å². The van der Waals surface area contributed by atoms with Gasteiger partial charge in [0.05, 0.1) is 0 Å². The van der Waals surface area contributed by atoms with Crippen LogP contribution in [0.5, 0.6) is 0 Å². The van der Waals surface area contributed by atoms with Crippen LogP contribution in [0.2, 0.25) is 0 Å². The van der Waals surface area contributed by atoms with Gasteiger partial charge >= 0.3 is 0 Å². The Morgan fingerprint density at radius 2 is 2.09 bits per heavy atom. The third-order valence-electron chi connectivity index (χ3n) is 1.76. The fourth-order valence-corrected chi connectivity index (χ4v) is 1.16. The highest BCUT2D eigenvalue weighted by Gasteiger charge is 1.95. The summed E-state index contributed by atoms with van der Waals surface area (Å²) < 4.78 is 0. The van der Waals surface area contributed by atoms with Crippen LogP contribution in [0.4, 0.5) is 0 Å². The highest BCUT2D eigenvalue weighted by Crippen LogP contribution is 2.12. The Morgan fingerprint density at radius 1 is 1.45 bits per heavy atom. The second-order valence-electron chi connectivity index (χ2n) is 2.98. The van der Waals surface area contributed by atoms with Crippen LogP contribution < -0.4 is 0 Å². The van der Waals surface area contributed by atoms with Gasteiger partial charge in [0.15, 0.2) is 0 Å². The van der Waals surface area contributed by atoms with Crippen LogP contribution >= 0.6 is 11.6 Å². The van der Waals surface area contributed by atoms with E-state index < -0.39 is 0 Å². The lowest BCUT2D eigenvalue weighted by Crippen LogP contribution is -1.88. The van der Waals surface area contributed by atoms with Crippen molar-refractivity contribution >= 4 is 11.6 Å². The second kappa shape index (κ2) is 6.72. The van der Waals surface area contributed by atoms with Gasteiger partial charge in [-0.3, -0.25) is 0 Å². The number of rotatable bonds is 5. The minimum atomic E-state index is 0.286. The largest absolute Gasteiger partial charge is 0.123 e. The van der Waals surface area contributed by atoms with Gasteiger partial charge in [-0.15, -0.1) is 11.6 Å². The molecule has 0 fully saturated rings. The maximum absolute atomic E-state index is 5.83. The van der Waals surface area contributed by atoms with Crippen molar-refractivity contribution in [3.63, 3.8) is 0 Å². The molecule has 0 amide bonds. The lowest BCUT2D eigenvalue weighted by molar-refractivity contribution is 0.837. The van der Waals surface area contributed by atoms with Crippen LogP contribution in [0.15, 0.2) is 11.6 Å². The van der Waals surface area contributed by atoms with E-state index in [9.17, 15) is 0 Å². The number of allylic oxidation sites excluding steroid dienone is 2. The smallest absolute Gasteiger partial charge is 0.0342 e. The van der Waals surface area contributed by atoms with Gasteiger partial charge in [-0.25, -0.2) is 0 Å². The maximum Gasteiger partial charge on any atom is 0.0342 e. The van der Waals surface area contributed by atoms with E-state index in [-0.39, 0.29) is 5.38 Å². The van der Waals surface area contributed by atoms with E-state index in [2.05, 4.69) is 19.9 Å². The molecular formula is C10H19Cl. The Balaban J connectivity index is 3.70. The molecule has 1 atom stereocenters. The predicted molar refractivity (Wildman–Crippen MR) is 53.2 cm³/mol. The standard InChI is InChI=1S/C10H19Cl/c1-4-6-10(5-2)8-7-9(3)11/h8-9H,4-7H2,1-3H3/b10-8+/t9-/m1/s1. The van der Waals surface area contributed by atoms with Gasteiger partial charge < -0.3 is 0 Å². The Labute approximate surface area is 75.6 Å².